The Bertz CT molecular complexity index is 753. The number of hydrogen-bond acceptors (Lipinski definition) is 5. The average molecular weight is 361 g/mol. The molecule has 0 aliphatic heterocycles. The second-order valence-electron chi connectivity index (χ2n) is 4.92. The third-order valence-corrected chi connectivity index (χ3v) is 6.16. The Balaban J connectivity index is 1.56. The van der Waals surface area contributed by atoms with Crippen LogP contribution in [0.2, 0.25) is 0 Å². The van der Waals surface area contributed by atoms with Gasteiger partial charge in [-0.25, -0.2) is 4.98 Å². The minimum atomic E-state index is -0.162. The number of thiophene rings is 1. The molecule has 1 atom stereocenters. The van der Waals surface area contributed by atoms with Crippen LogP contribution in [0.5, 0.6) is 0 Å². The third-order valence-electron chi connectivity index (χ3n) is 3.22. The van der Waals surface area contributed by atoms with Crippen molar-refractivity contribution in [3.05, 3.63) is 58.1 Å². The van der Waals surface area contributed by atoms with Gasteiger partial charge in [0.2, 0.25) is 5.91 Å². The van der Waals surface area contributed by atoms with E-state index in [0.29, 0.717) is 6.54 Å². The van der Waals surface area contributed by atoms with Crippen molar-refractivity contribution in [1.29, 1.82) is 0 Å². The largest absolute Gasteiger partial charge is 0.350 e. The zero-order valence-electron chi connectivity index (χ0n) is 12.6. The summed E-state index contributed by atoms with van der Waals surface area (Å²) in [6.07, 6.45) is 0. The summed E-state index contributed by atoms with van der Waals surface area (Å²) in [5.41, 5.74) is 2.06. The predicted molar refractivity (Wildman–Crippen MR) is 99.0 cm³/mol. The topological polar surface area (TPSA) is 42.0 Å². The lowest BCUT2D eigenvalue weighted by molar-refractivity contribution is -0.120. The molecule has 0 bridgehead atoms. The Morgan fingerprint density at radius 1 is 1.22 bits per heavy atom. The molecule has 1 amide bonds. The van der Waals surface area contributed by atoms with Crippen LogP contribution in [-0.2, 0) is 11.3 Å². The van der Waals surface area contributed by atoms with Crippen molar-refractivity contribution >= 4 is 40.3 Å². The summed E-state index contributed by atoms with van der Waals surface area (Å²) >= 11 is 4.73. The van der Waals surface area contributed by atoms with E-state index in [1.807, 2.05) is 60.1 Å². The van der Waals surface area contributed by atoms with Gasteiger partial charge in [-0.2, -0.15) is 0 Å². The summed E-state index contributed by atoms with van der Waals surface area (Å²) in [5, 5.41) is 6.86. The Morgan fingerprint density at radius 2 is 2.04 bits per heavy atom. The number of thiazole rings is 1. The molecule has 3 nitrogen and oxygen atoms in total. The number of thioether (sulfide) groups is 1. The number of aromatic nitrogens is 1. The van der Waals surface area contributed by atoms with Crippen LogP contribution in [0.4, 0.5) is 0 Å². The van der Waals surface area contributed by atoms with E-state index < -0.39 is 0 Å². The zero-order chi connectivity index (χ0) is 16.1. The normalized spacial score (nSPS) is 12.0. The van der Waals surface area contributed by atoms with Gasteiger partial charge in [0.25, 0.3) is 0 Å². The first-order valence-electron chi connectivity index (χ1n) is 7.20. The van der Waals surface area contributed by atoms with Crippen LogP contribution in [0.25, 0.3) is 11.3 Å². The van der Waals surface area contributed by atoms with Crippen molar-refractivity contribution in [3.63, 3.8) is 0 Å². The summed E-state index contributed by atoms with van der Waals surface area (Å²) in [6, 6.07) is 14.1. The van der Waals surface area contributed by atoms with E-state index in [-0.39, 0.29) is 11.2 Å². The van der Waals surface area contributed by atoms with E-state index >= 15 is 0 Å². The van der Waals surface area contributed by atoms with E-state index in [9.17, 15) is 4.79 Å². The molecule has 0 saturated carbocycles. The number of carbonyl (C=O) groups is 1. The number of amides is 1. The Morgan fingerprint density at radius 3 is 2.78 bits per heavy atom. The van der Waals surface area contributed by atoms with Crippen LogP contribution < -0.4 is 5.32 Å². The van der Waals surface area contributed by atoms with Gasteiger partial charge >= 0.3 is 0 Å². The first-order chi connectivity index (χ1) is 11.2. The van der Waals surface area contributed by atoms with Crippen molar-refractivity contribution in [2.75, 3.05) is 0 Å². The molecular weight excluding hydrogens is 344 g/mol. The molecule has 0 saturated heterocycles. The summed E-state index contributed by atoms with van der Waals surface area (Å²) in [4.78, 5) is 17.9. The van der Waals surface area contributed by atoms with Gasteiger partial charge in [-0.15, -0.1) is 22.7 Å². The maximum Gasteiger partial charge on any atom is 0.233 e. The molecule has 6 heteroatoms. The molecule has 2 aromatic heterocycles. The molecule has 3 rings (SSSR count). The molecule has 3 aromatic rings. The minimum absolute atomic E-state index is 0.0415. The van der Waals surface area contributed by atoms with Crippen LogP contribution in [0.3, 0.4) is 0 Å². The standard InChI is InChI=1S/C17H16N2OS3/c1-12(16(20)18-10-14-8-5-9-21-14)23-17-19-15(11-22-17)13-6-3-2-4-7-13/h2-9,11-12H,10H2,1H3,(H,18,20). The molecule has 1 unspecified atom stereocenters. The number of carbonyl (C=O) groups excluding carboxylic acids is 1. The fourth-order valence-corrected chi connectivity index (χ4v) is 4.63. The Labute approximate surface area is 147 Å². The van der Waals surface area contributed by atoms with Crippen molar-refractivity contribution in [2.24, 2.45) is 0 Å². The summed E-state index contributed by atoms with van der Waals surface area (Å²) in [5.74, 6) is 0.0415. The highest BCUT2D eigenvalue weighted by molar-refractivity contribution is 8.02. The van der Waals surface area contributed by atoms with E-state index in [2.05, 4.69) is 10.3 Å². The van der Waals surface area contributed by atoms with Crippen molar-refractivity contribution in [1.82, 2.24) is 10.3 Å². The second-order valence-corrected chi connectivity index (χ2v) is 8.40. The van der Waals surface area contributed by atoms with E-state index in [1.54, 1.807) is 22.7 Å². The first kappa shape index (κ1) is 16.2. The predicted octanol–water partition coefficient (Wildman–Crippen LogP) is 4.67. The molecule has 23 heavy (non-hydrogen) atoms. The van der Waals surface area contributed by atoms with E-state index in [4.69, 9.17) is 0 Å². The van der Waals surface area contributed by atoms with Gasteiger partial charge in [-0.05, 0) is 18.4 Å². The third kappa shape index (κ3) is 4.43. The lowest BCUT2D eigenvalue weighted by atomic mass is 10.2. The SMILES string of the molecule is CC(Sc1nc(-c2ccccc2)cs1)C(=O)NCc1cccs1. The maximum absolute atomic E-state index is 12.2. The summed E-state index contributed by atoms with van der Waals surface area (Å²) < 4.78 is 0.919. The number of rotatable bonds is 6. The average Bonchev–Trinajstić information content (AvgIpc) is 3.25. The van der Waals surface area contributed by atoms with Crippen LogP contribution in [0, 0.1) is 0 Å². The van der Waals surface area contributed by atoms with Gasteiger partial charge < -0.3 is 5.32 Å². The maximum atomic E-state index is 12.2. The quantitative estimate of drug-likeness (QED) is 0.650. The minimum Gasteiger partial charge on any atom is -0.350 e. The monoisotopic (exact) mass is 360 g/mol. The van der Waals surface area contributed by atoms with Crippen LogP contribution in [-0.4, -0.2) is 16.1 Å². The molecule has 0 spiro atoms. The molecule has 1 N–H and O–H groups in total. The highest BCUT2D eigenvalue weighted by atomic mass is 32.2. The van der Waals surface area contributed by atoms with Gasteiger partial charge in [-0.1, -0.05) is 48.2 Å². The molecule has 0 radical (unpaired) electrons. The van der Waals surface area contributed by atoms with E-state index in [0.717, 1.165) is 20.5 Å². The molecule has 0 aliphatic rings. The molecule has 0 aliphatic carbocycles. The molecule has 1 aromatic carbocycles. The first-order valence-corrected chi connectivity index (χ1v) is 9.84. The van der Waals surface area contributed by atoms with Gasteiger partial charge in [0, 0.05) is 15.8 Å². The summed E-state index contributed by atoms with van der Waals surface area (Å²) in [7, 11) is 0. The molecule has 118 valence electrons. The number of nitrogens with zero attached hydrogens (tertiary/aromatic N) is 1. The van der Waals surface area contributed by atoms with Gasteiger partial charge in [0.15, 0.2) is 4.34 Å². The van der Waals surface area contributed by atoms with Crippen LogP contribution >= 0.6 is 34.4 Å². The van der Waals surface area contributed by atoms with Crippen molar-refractivity contribution in [3.8, 4) is 11.3 Å². The fraction of sp³-hybridized carbons (Fsp3) is 0.176. The second kappa shape index (κ2) is 7.77. The van der Waals surface area contributed by atoms with Crippen molar-refractivity contribution in [2.45, 2.75) is 23.1 Å². The lowest BCUT2D eigenvalue weighted by Gasteiger charge is -2.09. The highest BCUT2D eigenvalue weighted by Gasteiger charge is 2.16. The Hall–Kier alpha value is -1.63. The molecule has 0 fully saturated rings. The lowest BCUT2D eigenvalue weighted by Crippen LogP contribution is -2.30. The van der Waals surface area contributed by atoms with Gasteiger partial charge in [-0.3, -0.25) is 4.79 Å². The zero-order valence-corrected chi connectivity index (χ0v) is 15.0. The number of hydrogen-bond donors (Lipinski definition) is 1. The van der Waals surface area contributed by atoms with E-state index in [1.165, 1.54) is 11.8 Å². The van der Waals surface area contributed by atoms with Gasteiger partial charge in [0.1, 0.15) is 0 Å². The van der Waals surface area contributed by atoms with Crippen molar-refractivity contribution < 1.29 is 4.79 Å². The van der Waals surface area contributed by atoms with Gasteiger partial charge in [0.05, 0.1) is 17.5 Å². The fourth-order valence-electron chi connectivity index (χ4n) is 1.99. The molecule has 2 heterocycles. The van der Waals surface area contributed by atoms with Crippen LogP contribution in [0.15, 0.2) is 57.6 Å². The number of benzene rings is 1. The van der Waals surface area contributed by atoms with Crippen LogP contribution in [0.1, 0.15) is 11.8 Å². The Kier molecular flexibility index (Phi) is 5.48. The highest BCUT2D eigenvalue weighted by Crippen LogP contribution is 2.30. The molecular formula is C17H16N2OS3. The number of nitrogens with one attached hydrogen (secondary N) is 1. The smallest absolute Gasteiger partial charge is 0.233 e. The summed E-state index contributed by atoms with van der Waals surface area (Å²) in [6.45, 7) is 2.51.